The van der Waals surface area contributed by atoms with Crippen LogP contribution in [0.5, 0.6) is 0 Å². The highest BCUT2D eigenvalue weighted by Gasteiger charge is 2.43. The molecular weight excluding hydrogens is 183 g/mol. The molecule has 1 heterocycles. The Hall–Kier alpha value is 0.0249. The number of hydrogen-bond donors (Lipinski definition) is 0. The van der Waals surface area contributed by atoms with Gasteiger partial charge in [0.25, 0.3) is 6.92 Å². The summed E-state index contributed by atoms with van der Waals surface area (Å²) < 4.78 is 5.73. The van der Waals surface area contributed by atoms with Gasteiger partial charge in [0.05, 0.1) is 0 Å². The van der Waals surface area contributed by atoms with Crippen LogP contribution in [0.25, 0.3) is 0 Å². The van der Waals surface area contributed by atoms with E-state index in [1.165, 1.54) is 32.0 Å². The first-order valence-electron chi connectivity index (χ1n) is 6.54. The van der Waals surface area contributed by atoms with Crippen LogP contribution in [0.3, 0.4) is 0 Å². The summed E-state index contributed by atoms with van der Waals surface area (Å²) in [6.45, 7) is 7.70. The molecule has 3 atom stereocenters. The average molecular weight is 208 g/mol. The molecule has 3 unspecified atom stereocenters. The van der Waals surface area contributed by atoms with Crippen LogP contribution in [0.15, 0.2) is 0 Å². The summed E-state index contributed by atoms with van der Waals surface area (Å²) >= 11 is 0. The Bertz CT molecular complexity index is 227. The zero-order chi connectivity index (χ0) is 11.1. The van der Waals surface area contributed by atoms with E-state index in [1.54, 1.807) is 0 Å². The summed E-state index contributed by atoms with van der Waals surface area (Å²) in [6.07, 6.45) is 7.02. The van der Waals surface area contributed by atoms with E-state index in [-0.39, 0.29) is 0 Å². The summed E-state index contributed by atoms with van der Waals surface area (Å²) in [5.74, 6) is 2.85. The summed E-state index contributed by atoms with van der Waals surface area (Å²) in [6, 6.07) is 0. The zero-order valence-electron chi connectivity index (χ0n) is 10.8. The van der Waals surface area contributed by atoms with Crippen molar-refractivity contribution in [3.8, 4) is 0 Å². The molecule has 1 nitrogen and oxygen atoms in total. The van der Waals surface area contributed by atoms with Crippen molar-refractivity contribution >= 4 is 6.92 Å². The SMILES string of the molecule is COB1CC2CC(C)CC(C2)CC1(C)C. The van der Waals surface area contributed by atoms with E-state index in [0.717, 1.165) is 17.8 Å². The molecule has 1 aliphatic carbocycles. The highest BCUT2D eigenvalue weighted by molar-refractivity contribution is 6.55. The Morgan fingerprint density at radius 1 is 1.13 bits per heavy atom. The van der Waals surface area contributed by atoms with Crippen LogP contribution in [-0.2, 0) is 4.65 Å². The third-order valence-corrected chi connectivity index (χ3v) is 4.66. The molecule has 0 amide bonds. The van der Waals surface area contributed by atoms with Gasteiger partial charge in [-0.15, -0.1) is 0 Å². The fraction of sp³-hybridized carbons (Fsp3) is 1.00. The molecule has 0 aromatic heterocycles. The minimum absolute atomic E-state index is 0.387. The monoisotopic (exact) mass is 208 g/mol. The molecule has 0 aromatic rings. The summed E-state index contributed by atoms with van der Waals surface area (Å²) in [7, 11) is 1.89. The topological polar surface area (TPSA) is 9.23 Å². The summed E-state index contributed by atoms with van der Waals surface area (Å²) in [5.41, 5.74) is 0. The number of hydrogen-bond acceptors (Lipinski definition) is 1. The molecule has 2 fully saturated rings. The lowest BCUT2D eigenvalue weighted by Crippen LogP contribution is -2.30. The maximum atomic E-state index is 5.73. The molecule has 15 heavy (non-hydrogen) atoms. The van der Waals surface area contributed by atoms with E-state index in [4.69, 9.17) is 4.65 Å². The van der Waals surface area contributed by atoms with Crippen molar-refractivity contribution in [2.24, 2.45) is 17.8 Å². The van der Waals surface area contributed by atoms with Gasteiger partial charge in [0.15, 0.2) is 0 Å². The van der Waals surface area contributed by atoms with Crippen LogP contribution in [0.1, 0.15) is 46.5 Å². The van der Waals surface area contributed by atoms with Crippen molar-refractivity contribution in [2.45, 2.75) is 58.1 Å². The van der Waals surface area contributed by atoms with Crippen LogP contribution in [0.2, 0.25) is 11.6 Å². The van der Waals surface area contributed by atoms with Crippen LogP contribution in [-0.4, -0.2) is 14.0 Å². The van der Waals surface area contributed by atoms with Crippen molar-refractivity contribution < 1.29 is 4.65 Å². The molecule has 0 N–H and O–H groups in total. The molecule has 2 bridgehead atoms. The van der Waals surface area contributed by atoms with Crippen molar-refractivity contribution in [3.05, 3.63) is 0 Å². The molecule has 2 heteroatoms. The maximum absolute atomic E-state index is 5.73. The Morgan fingerprint density at radius 3 is 2.47 bits per heavy atom. The standard InChI is InChI=1S/C13H25BO/c1-10-5-11-7-12(6-10)9-14(15-4)13(2,3)8-11/h10-12H,5-9H2,1-4H3. The van der Waals surface area contributed by atoms with Gasteiger partial charge in [-0.25, -0.2) is 0 Å². The Morgan fingerprint density at radius 2 is 1.80 bits per heavy atom. The van der Waals surface area contributed by atoms with Gasteiger partial charge in [0, 0.05) is 7.11 Å². The number of rotatable bonds is 1. The number of fused-ring (bicyclic) bond motifs is 2. The first-order valence-corrected chi connectivity index (χ1v) is 6.54. The molecule has 86 valence electrons. The third kappa shape index (κ3) is 2.41. The van der Waals surface area contributed by atoms with Gasteiger partial charge in [-0.3, -0.25) is 0 Å². The van der Waals surface area contributed by atoms with Gasteiger partial charge in [0.1, 0.15) is 0 Å². The van der Waals surface area contributed by atoms with Gasteiger partial charge in [-0.05, 0) is 55.1 Å². The van der Waals surface area contributed by atoms with E-state index in [1.807, 2.05) is 7.11 Å². The molecule has 2 rings (SSSR count). The molecule has 1 saturated heterocycles. The fourth-order valence-electron chi connectivity index (χ4n) is 4.17. The van der Waals surface area contributed by atoms with Crippen LogP contribution in [0, 0.1) is 17.8 Å². The third-order valence-electron chi connectivity index (χ3n) is 4.66. The van der Waals surface area contributed by atoms with Crippen molar-refractivity contribution in [1.29, 1.82) is 0 Å². The quantitative estimate of drug-likeness (QED) is 0.594. The second kappa shape index (κ2) is 4.12. The second-order valence-electron chi connectivity index (χ2n) is 6.70. The van der Waals surface area contributed by atoms with Crippen LogP contribution < -0.4 is 0 Å². The predicted molar refractivity (Wildman–Crippen MR) is 66.2 cm³/mol. The van der Waals surface area contributed by atoms with Gasteiger partial charge in [0.2, 0.25) is 0 Å². The van der Waals surface area contributed by atoms with Crippen molar-refractivity contribution in [3.63, 3.8) is 0 Å². The minimum Gasteiger partial charge on any atom is -0.438 e. The lowest BCUT2D eigenvalue weighted by molar-refractivity contribution is 0.208. The Labute approximate surface area is 95.1 Å². The van der Waals surface area contributed by atoms with Crippen LogP contribution in [0.4, 0.5) is 0 Å². The van der Waals surface area contributed by atoms with Gasteiger partial charge in [-0.2, -0.15) is 0 Å². The maximum Gasteiger partial charge on any atom is 0.298 e. The van der Waals surface area contributed by atoms with Crippen LogP contribution >= 0.6 is 0 Å². The van der Waals surface area contributed by atoms with E-state index < -0.39 is 0 Å². The molecule has 0 aromatic carbocycles. The molecule has 0 radical (unpaired) electrons. The second-order valence-corrected chi connectivity index (χ2v) is 6.70. The fourth-order valence-corrected chi connectivity index (χ4v) is 4.17. The Balaban J connectivity index is 2.14. The lowest BCUT2D eigenvalue weighted by atomic mass is 9.43. The van der Waals surface area contributed by atoms with Crippen molar-refractivity contribution in [2.75, 3.05) is 7.11 Å². The molecule has 0 spiro atoms. The predicted octanol–water partition coefficient (Wildman–Crippen LogP) is 3.86. The summed E-state index contributed by atoms with van der Waals surface area (Å²) in [5, 5.41) is 0.387. The minimum atomic E-state index is 0.387. The largest absolute Gasteiger partial charge is 0.438 e. The summed E-state index contributed by atoms with van der Waals surface area (Å²) in [4.78, 5) is 0. The van der Waals surface area contributed by atoms with E-state index in [9.17, 15) is 0 Å². The molecule has 1 saturated carbocycles. The highest BCUT2D eigenvalue weighted by atomic mass is 16.4. The van der Waals surface area contributed by atoms with E-state index in [0.29, 0.717) is 12.2 Å². The zero-order valence-corrected chi connectivity index (χ0v) is 10.8. The Kier molecular flexibility index (Phi) is 3.16. The van der Waals surface area contributed by atoms with E-state index >= 15 is 0 Å². The first kappa shape index (κ1) is 11.5. The van der Waals surface area contributed by atoms with Gasteiger partial charge < -0.3 is 4.65 Å². The first-order chi connectivity index (χ1) is 7.01. The highest BCUT2D eigenvalue weighted by Crippen LogP contribution is 2.50. The van der Waals surface area contributed by atoms with E-state index in [2.05, 4.69) is 20.8 Å². The van der Waals surface area contributed by atoms with Gasteiger partial charge >= 0.3 is 0 Å². The molecular formula is C13H25BO. The molecule has 1 aliphatic heterocycles. The smallest absolute Gasteiger partial charge is 0.298 e. The lowest BCUT2D eigenvalue weighted by Gasteiger charge is -2.32. The molecule has 2 aliphatic rings. The average Bonchev–Trinajstić information content (AvgIpc) is 2.19. The van der Waals surface area contributed by atoms with Gasteiger partial charge in [-0.1, -0.05) is 20.8 Å². The normalized spacial score (nSPS) is 40.0. The van der Waals surface area contributed by atoms with Crippen molar-refractivity contribution in [1.82, 2.24) is 0 Å².